The Morgan fingerprint density at radius 1 is 1.25 bits per heavy atom. The minimum absolute atomic E-state index is 0.0641. The number of aliphatic carboxylic acids is 1. The Morgan fingerprint density at radius 3 is 2.29 bits per heavy atom. The summed E-state index contributed by atoms with van der Waals surface area (Å²) in [5.41, 5.74) is 0. The minimum atomic E-state index is -3.72. The molecule has 2 atom stereocenters. The smallest absolute Gasteiger partial charge is 0.300 e. The van der Waals surface area contributed by atoms with Gasteiger partial charge in [-0.15, -0.1) is 0 Å². The second-order valence-corrected chi connectivity index (χ2v) is 6.70. The highest BCUT2D eigenvalue weighted by atomic mass is 32.2. The Balaban J connectivity index is 0.000000648. The molecule has 1 heterocycles. The summed E-state index contributed by atoms with van der Waals surface area (Å²) in [6, 6.07) is 3.80. The normalized spacial score (nSPS) is 20.0. The molecule has 0 aromatic heterocycles. The molecule has 1 aliphatic heterocycles. The third-order valence-corrected chi connectivity index (χ3v) is 4.64. The molecule has 9 nitrogen and oxygen atoms in total. The number of carboxylic acid groups (broad SMARTS) is 1. The number of carboxylic acids is 1. The molecule has 0 amide bonds. The van der Waals surface area contributed by atoms with Crippen LogP contribution in [0.5, 0.6) is 11.5 Å². The van der Waals surface area contributed by atoms with E-state index in [0.717, 1.165) is 6.92 Å². The fourth-order valence-electron chi connectivity index (χ4n) is 2.04. The van der Waals surface area contributed by atoms with Gasteiger partial charge in [-0.05, 0) is 12.1 Å². The number of sulfonamides is 1. The first-order valence-corrected chi connectivity index (χ1v) is 8.52. The van der Waals surface area contributed by atoms with Gasteiger partial charge < -0.3 is 25.0 Å². The second kappa shape index (κ2) is 8.83. The maximum atomic E-state index is 12.3. The number of hydrogen-bond donors (Lipinski definition) is 4. The first kappa shape index (κ1) is 20.2. The van der Waals surface area contributed by atoms with Crippen LogP contribution in [-0.4, -0.2) is 64.1 Å². The van der Waals surface area contributed by atoms with Gasteiger partial charge in [-0.3, -0.25) is 4.79 Å². The molecular formula is C14H22N2O7S. The van der Waals surface area contributed by atoms with E-state index < -0.39 is 28.1 Å². The summed E-state index contributed by atoms with van der Waals surface area (Å²) in [5, 5.41) is 20.0. The lowest BCUT2D eigenvalue weighted by Gasteiger charge is -2.16. The van der Waals surface area contributed by atoms with Gasteiger partial charge in [-0.1, -0.05) is 0 Å². The molecule has 1 aromatic carbocycles. The van der Waals surface area contributed by atoms with Crippen molar-refractivity contribution in [2.75, 3.05) is 27.3 Å². The van der Waals surface area contributed by atoms with Crippen molar-refractivity contribution in [1.29, 1.82) is 0 Å². The summed E-state index contributed by atoms with van der Waals surface area (Å²) < 4.78 is 37.1. The van der Waals surface area contributed by atoms with Crippen LogP contribution in [0, 0.1) is 0 Å². The van der Waals surface area contributed by atoms with Crippen molar-refractivity contribution in [3.63, 3.8) is 0 Å². The average molecular weight is 362 g/mol. The molecule has 0 unspecified atom stereocenters. The standard InChI is InChI=1S/C12H18N2O5S.C2H4O2/c1-18-11-4-3-8(5-12(11)19-2)20(16,17)14-9-6-13-7-10(9)15;1-2(3)4/h3-5,9-10,13-15H,6-7H2,1-2H3;1H3,(H,3,4)/t9-,10-;/m1./s1. The van der Waals surface area contributed by atoms with E-state index in [1.807, 2.05) is 0 Å². The van der Waals surface area contributed by atoms with Crippen molar-refractivity contribution < 1.29 is 32.9 Å². The monoisotopic (exact) mass is 362 g/mol. The Labute approximate surface area is 140 Å². The lowest BCUT2D eigenvalue weighted by molar-refractivity contribution is -0.134. The molecule has 1 aromatic rings. The van der Waals surface area contributed by atoms with E-state index >= 15 is 0 Å². The molecule has 0 spiro atoms. The van der Waals surface area contributed by atoms with Gasteiger partial charge in [0.15, 0.2) is 11.5 Å². The van der Waals surface area contributed by atoms with Gasteiger partial charge in [0.1, 0.15) is 0 Å². The van der Waals surface area contributed by atoms with Gasteiger partial charge in [0.25, 0.3) is 5.97 Å². The Hall–Kier alpha value is -1.88. The first-order valence-electron chi connectivity index (χ1n) is 7.04. The quantitative estimate of drug-likeness (QED) is 0.546. The maximum Gasteiger partial charge on any atom is 0.300 e. The molecule has 136 valence electrons. The highest BCUT2D eigenvalue weighted by Gasteiger charge is 2.30. The van der Waals surface area contributed by atoms with Gasteiger partial charge in [0.2, 0.25) is 10.0 Å². The van der Waals surface area contributed by atoms with Crippen molar-refractivity contribution in [3.8, 4) is 11.5 Å². The van der Waals surface area contributed by atoms with E-state index in [9.17, 15) is 13.5 Å². The van der Waals surface area contributed by atoms with Crippen LogP contribution in [0.1, 0.15) is 6.92 Å². The summed E-state index contributed by atoms with van der Waals surface area (Å²) in [6.45, 7) is 1.85. The highest BCUT2D eigenvalue weighted by molar-refractivity contribution is 7.89. The minimum Gasteiger partial charge on any atom is -0.493 e. The topological polar surface area (TPSA) is 134 Å². The van der Waals surface area contributed by atoms with Crippen molar-refractivity contribution >= 4 is 16.0 Å². The fraction of sp³-hybridized carbons (Fsp3) is 0.500. The van der Waals surface area contributed by atoms with E-state index in [2.05, 4.69) is 10.0 Å². The number of benzene rings is 1. The molecule has 1 aliphatic rings. The molecule has 10 heteroatoms. The van der Waals surface area contributed by atoms with Crippen molar-refractivity contribution in [3.05, 3.63) is 18.2 Å². The number of methoxy groups -OCH3 is 2. The van der Waals surface area contributed by atoms with Crippen molar-refractivity contribution in [2.45, 2.75) is 24.0 Å². The average Bonchev–Trinajstić information content (AvgIpc) is 2.90. The molecule has 0 bridgehead atoms. The third-order valence-electron chi connectivity index (χ3n) is 3.15. The maximum absolute atomic E-state index is 12.3. The van der Waals surface area contributed by atoms with Crippen molar-refractivity contribution in [1.82, 2.24) is 10.0 Å². The van der Waals surface area contributed by atoms with Gasteiger partial charge >= 0.3 is 0 Å². The molecule has 24 heavy (non-hydrogen) atoms. The van der Waals surface area contributed by atoms with E-state index in [1.54, 1.807) is 0 Å². The van der Waals surface area contributed by atoms with Crippen LogP contribution in [0.4, 0.5) is 0 Å². The fourth-order valence-corrected chi connectivity index (χ4v) is 3.32. The predicted molar refractivity (Wildman–Crippen MR) is 85.8 cm³/mol. The van der Waals surface area contributed by atoms with E-state index in [4.69, 9.17) is 19.4 Å². The number of nitrogens with one attached hydrogen (secondary N) is 2. The molecule has 2 rings (SSSR count). The summed E-state index contributed by atoms with van der Waals surface area (Å²) in [6.07, 6.45) is -0.732. The largest absolute Gasteiger partial charge is 0.493 e. The van der Waals surface area contributed by atoms with Gasteiger partial charge in [0, 0.05) is 26.1 Å². The number of β-amino-alcohol motifs (C(OH)–C–C–N with tert-alkyl or cyclic N) is 1. The second-order valence-electron chi connectivity index (χ2n) is 4.99. The van der Waals surface area contributed by atoms with Crippen molar-refractivity contribution in [2.24, 2.45) is 0 Å². The summed E-state index contributed by atoms with van der Waals surface area (Å²) >= 11 is 0. The SMILES string of the molecule is CC(=O)O.COc1ccc(S(=O)(=O)N[C@@H]2CNC[C@H]2O)cc1OC. The molecule has 1 fully saturated rings. The van der Waals surface area contributed by atoms with Crippen LogP contribution >= 0.6 is 0 Å². The molecule has 0 aliphatic carbocycles. The summed E-state index contributed by atoms with van der Waals surface area (Å²) in [5.74, 6) is -0.0468. The Bertz CT molecular complexity index is 659. The van der Waals surface area contributed by atoms with Crippen LogP contribution in [0.2, 0.25) is 0 Å². The van der Waals surface area contributed by atoms with E-state index in [0.29, 0.717) is 24.6 Å². The first-order chi connectivity index (χ1) is 11.2. The van der Waals surface area contributed by atoms with Crippen LogP contribution in [-0.2, 0) is 14.8 Å². The molecule has 1 saturated heterocycles. The molecule has 4 N–H and O–H groups in total. The lowest BCUT2D eigenvalue weighted by Crippen LogP contribution is -2.42. The predicted octanol–water partition coefficient (Wildman–Crippen LogP) is -0.594. The lowest BCUT2D eigenvalue weighted by atomic mass is 10.2. The molecule has 0 saturated carbocycles. The zero-order chi connectivity index (χ0) is 18.3. The summed E-state index contributed by atoms with van der Waals surface area (Å²) in [7, 11) is -0.806. The third kappa shape index (κ3) is 5.64. The van der Waals surface area contributed by atoms with Crippen LogP contribution < -0.4 is 19.5 Å². The Kier molecular flexibility index (Phi) is 7.42. The number of carbonyl (C=O) groups is 1. The molecular weight excluding hydrogens is 340 g/mol. The van der Waals surface area contributed by atoms with Crippen LogP contribution in [0.25, 0.3) is 0 Å². The summed E-state index contributed by atoms with van der Waals surface area (Å²) in [4.78, 5) is 9.06. The van der Waals surface area contributed by atoms with Gasteiger partial charge in [-0.25, -0.2) is 13.1 Å². The molecule has 0 radical (unpaired) electrons. The Morgan fingerprint density at radius 2 is 1.83 bits per heavy atom. The van der Waals surface area contributed by atoms with Gasteiger partial charge in [0.05, 0.1) is 31.3 Å². The number of ether oxygens (including phenoxy) is 2. The zero-order valence-corrected chi connectivity index (χ0v) is 14.5. The highest BCUT2D eigenvalue weighted by Crippen LogP contribution is 2.29. The van der Waals surface area contributed by atoms with E-state index in [1.165, 1.54) is 32.4 Å². The van der Waals surface area contributed by atoms with Crippen LogP contribution in [0.3, 0.4) is 0 Å². The van der Waals surface area contributed by atoms with Gasteiger partial charge in [-0.2, -0.15) is 0 Å². The number of aliphatic hydroxyl groups is 1. The number of rotatable bonds is 5. The zero-order valence-electron chi connectivity index (χ0n) is 13.6. The number of hydrogen-bond acceptors (Lipinski definition) is 7. The number of aliphatic hydroxyl groups excluding tert-OH is 1. The van der Waals surface area contributed by atoms with Crippen LogP contribution in [0.15, 0.2) is 23.1 Å². The van der Waals surface area contributed by atoms with E-state index in [-0.39, 0.29) is 4.90 Å².